The van der Waals surface area contributed by atoms with Crippen LogP contribution in [-0.4, -0.2) is 66.0 Å². The van der Waals surface area contributed by atoms with E-state index in [0.717, 1.165) is 5.56 Å². The summed E-state index contributed by atoms with van der Waals surface area (Å²) in [7, 11) is 3.24. The number of nitrogens with one attached hydrogen (secondary N) is 1. The number of rotatable bonds is 9. The summed E-state index contributed by atoms with van der Waals surface area (Å²) in [6.07, 6.45) is 4.20. The zero-order chi connectivity index (χ0) is 20.9. The lowest BCUT2D eigenvalue weighted by Gasteiger charge is -2.38. The summed E-state index contributed by atoms with van der Waals surface area (Å²) in [5.41, 5.74) is 0.666. The molecule has 8 heteroatoms. The van der Waals surface area contributed by atoms with E-state index in [1.165, 1.54) is 0 Å². The summed E-state index contributed by atoms with van der Waals surface area (Å²) in [6, 6.07) is -0.123. The lowest BCUT2D eigenvalue weighted by Crippen LogP contribution is -2.45. The number of likely N-dealkylation sites (tertiary alicyclic amines) is 1. The molecule has 1 aromatic rings. The van der Waals surface area contributed by atoms with Gasteiger partial charge in [0.05, 0.1) is 37.9 Å². The predicted octanol–water partition coefficient (Wildman–Crippen LogP) is 1.62. The van der Waals surface area contributed by atoms with Crippen molar-refractivity contribution in [3.63, 3.8) is 0 Å². The van der Waals surface area contributed by atoms with E-state index < -0.39 is 0 Å². The van der Waals surface area contributed by atoms with Gasteiger partial charge in [0.2, 0.25) is 11.8 Å². The molecule has 1 aliphatic heterocycles. The first-order chi connectivity index (χ1) is 13.2. The van der Waals surface area contributed by atoms with Crippen LogP contribution in [-0.2, 0) is 25.6 Å². The van der Waals surface area contributed by atoms with Crippen molar-refractivity contribution < 1.29 is 19.1 Å². The number of carbonyl (C=O) groups excluding carboxylic acids is 2. The highest BCUT2D eigenvalue weighted by atomic mass is 16.5. The Morgan fingerprint density at radius 2 is 2.07 bits per heavy atom. The van der Waals surface area contributed by atoms with Crippen LogP contribution in [0.1, 0.15) is 45.7 Å². The van der Waals surface area contributed by atoms with Gasteiger partial charge in [-0.25, -0.2) is 0 Å². The maximum absolute atomic E-state index is 12.8. The van der Waals surface area contributed by atoms with Gasteiger partial charge in [-0.15, -0.1) is 0 Å². The number of nitrogens with zero attached hydrogens (tertiary/aromatic N) is 3. The molecule has 0 radical (unpaired) electrons. The molecule has 2 rings (SSSR count). The number of hydrogen-bond donors (Lipinski definition) is 1. The molecule has 8 nitrogen and oxygen atoms in total. The Morgan fingerprint density at radius 1 is 1.36 bits per heavy atom. The van der Waals surface area contributed by atoms with E-state index in [1.54, 1.807) is 14.2 Å². The van der Waals surface area contributed by atoms with Crippen LogP contribution in [0.5, 0.6) is 0 Å². The summed E-state index contributed by atoms with van der Waals surface area (Å²) < 4.78 is 12.0. The summed E-state index contributed by atoms with van der Waals surface area (Å²) in [6.45, 7) is 9.99. The second-order valence-corrected chi connectivity index (χ2v) is 8.47. The summed E-state index contributed by atoms with van der Waals surface area (Å²) in [4.78, 5) is 27.0. The Bertz CT molecular complexity index is 667. The molecule has 1 aromatic heterocycles. The van der Waals surface area contributed by atoms with E-state index in [4.69, 9.17) is 9.47 Å². The van der Waals surface area contributed by atoms with Gasteiger partial charge in [0.25, 0.3) is 0 Å². The van der Waals surface area contributed by atoms with Crippen LogP contribution in [0.2, 0.25) is 0 Å². The summed E-state index contributed by atoms with van der Waals surface area (Å²) >= 11 is 0. The smallest absolute Gasteiger partial charge is 0.225 e. The van der Waals surface area contributed by atoms with Crippen molar-refractivity contribution in [2.75, 3.05) is 34.0 Å². The van der Waals surface area contributed by atoms with Gasteiger partial charge < -0.3 is 19.7 Å². The number of carbonyl (C=O) groups is 2. The molecule has 1 fully saturated rings. The van der Waals surface area contributed by atoms with Crippen molar-refractivity contribution in [3.8, 4) is 0 Å². The van der Waals surface area contributed by atoms with E-state index in [-0.39, 0.29) is 35.2 Å². The average Bonchev–Trinajstić information content (AvgIpc) is 3.21. The topological polar surface area (TPSA) is 85.7 Å². The molecule has 158 valence electrons. The number of hydrogen-bond acceptors (Lipinski definition) is 5. The van der Waals surface area contributed by atoms with E-state index in [0.29, 0.717) is 32.7 Å². The van der Waals surface area contributed by atoms with Crippen LogP contribution in [0, 0.1) is 11.8 Å². The second-order valence-electron chi connectivity index (χ2n) is 8.47. The molecular weight excluding hydrogens is 360 g/mol. The zero-order valence-electron chi connectivity index (χ0n) is 17.9. The molecule has 0 aliphatic carbocycles. The summed E-state index contributed by atoms with van der Waals surface area (Å²) in [5.74, 6) is -0.189. The summed E-state index contributed by atoms with van der Waals surface area (Å²) in [5, 5.41) is 7.41. The highest BCUT2D eigenvalue weighted by Gasteiger charge is 2.46. The van der Waals surface area contributed by atoms with Crippen molar-refractivity contribution in [3.05, 3.63) is 18.0 Å². The third-order valence-electron chi connectivity index (χ3n) is 5.07. The molecule has 1 aliphatic rings. The van der Waals surface area contributed by atoms with E-state index in [9.17, 15) is 9.59 Å². The van der Waals surface area contributed by atoms with Gasteiger partial charge in [-0.2, -0.15) is 5.10 Å². The van der Waals surface area contributed by atoms with E-state index in [2.05, 4.69) is 10.4 Å². The number of ether oxygens (including phenoxy) is 2. The van der Waals surface area contributed by atoms with Gasteiger partial charge in [-0.05, 0) is 20.8 Å². The number of methoxy groups -OCH3 is 2. The fourth-order valence-electron chi connectivity index (χ4n) is 3.77. The molecule has 0 spiro atoms. The van der Waals surface area contributed by atoms with Gasteiger partial charge in [-0.1, -0.05) is 6.92 Å². The van der Waals surface area contributed by atoms with Gasteiger partial charge in [0, 0.05) is 50.4 Å². The van der Waals surface area contributed by atoms with E-state index >= 15 is 0 Å². The Hall–Kier alpha value is -1.93. The van der Waals surface area contributed by atoms with Crippen LogP contribution in [0.3, 0.4) is 0 Å². The molecule has 0 saturated carbocycles. The quantitative estimate of drug-likeness (QED) is 0.688. The Labute approximate surface area is 167 Å². The largest absolute Gasteiger partial charge is 0.384 e. The van der Waals surface area contributed by atoms with Crippen LogP contribution in [0.25, 0.3) is 0 Å². The highest BCUT2D eigenvalue weighted by molar-refractivity contribution is 5.81. The molecule has 3 atom stereocenters. The minimum Gasteiger partial charge on any atom is -0.384 e. The first-order valence-electron chi connectivity index (χ1n) is 9.79. The van der Waals surface area contributed by atoms with Crippen molar-refractivity contribution in [1.82, 2.24) is 20.0 Å². The van der Waals surface area contributed by atoms with Gasteiger partial charge >= 0.3 is 0 Å². The normalized spacial score (nSPS) is 21.2. The average molecular weight is 395 g/mol. The minimum atomic E-state index is -0.321. The van der Waals surface area contributed by atoms with Gasteiger partial charge in [-0.3, -0.25) is 14.3 Å². The monoisotopic (exact) mass is 394 g/mol. The Morgan fingerprint density at radius 3 is 2.68 bits per heavy atom. The lowest BCUT2D eigenvalue weighted by molar-refractivity contribution is -0.133. The first-order valence-corrected chi connectivity index (χ1v) is 9.79. The standard InChI is InChI=1S/C20H34N4O4/c1-14(13-28-6)19(26)21-10-15-9-17(25)24(20(2,3)4)18(15)16-11-22-23(12-16)7-8-27-5/h11-12,14-15,18H,7-10,13H2,1-6H3,(H,21,26)/t14-,15+,18-/m1/s1. The molecule has 1 N–H and O–H groups in total. The Kier molecular flexibility index (Phi) is 7.60. The van der Waals surface area contributed by atoms with Gasteiger partial charge in [0.15, 0.2) is 0 Å². The van der Waals surface area contributed by atoms with Gasteiger partial charge in [0.1, 0.15) is 0 Å². The van der Waals surface area contributed by atoms with Crippen molar-refractivity contribution >= 4 is 11.8 Å². The van der Waals surface area contributed by atoms with E-state index in [1.807, 2.05) is 49.7 Å². The third-order valence-corrected chi connectivity index (χ3v) is 5.07. The maximum Gasteiger partial charge on any atom is 0.225 e. The second kappa shape index (κ2) is 9.52. The van der Waals surface area contributed by atoms with Crippen molar-refractivity contribution in [2.45, 2.75) is 52.2 Å². The number of aromatic nitrogens is 2. The first kappa shape index (κ1) is 22.4. The minimum absolute atomic E-state index is 0.00880. The fourth-order valence-corrected chi connectivity index (χ4v) is 3.77. The number of amides is 2. The van der Waals surface area contributed by atoms with Crippen LogP contribution >= 0.6 is 0 Å². The van der Waals surface area contributed by atoms with Crippen molar-refractivity contribution in [2.24, 2.45) is 11.8 Å². The Balaban J connectivity index is 2.19. The third kappa shape index (κ3) is 5.32. The molecule has 28 heavy (non-hydrogen) atoms. The highest BCUT2D eigenvalue weighted by Crippen LogP contribution is 2.42. The van der Waals surface area contributed by atoms with Crippen LogP contribution in [0.15, 0.2) is 12.4 Å². The molecule has 1 saturated heterocycles. The lowest BCUT2D eigenvalue weighted by atomic mass is 9.93. The SMILES string of the molecule is COCCn1cc([C@H]2[C@H](CNC(=O)[C@H](C)COC)CC(=O)N2C(C)(C)C)cn1. The molecule has 2 heterocycles. The fraction of sp³-hybridized carbons (Fsp3) is 0.750. The van der Waals surface area contributed by atoms with Crippen LogP contribution < -0.4 is 5.32 Å². The van der Waals surface area contributed by atoms with Crippen LogP contribution in [0.4, 0.5) is 0 Å². The predicted molar refractivity (Wildman–Crippen MR) is 106 cm³/mol. The molecule has 0 bridgehead atoms. The maximum atomic E-state index is 12.8. The molecule has 0 unspecified atom stereocenters. The molecule has 2 amide bonds. The molecule has 0 aromatic carbocycles. The zero-order valence-corrected chi connectivity index (χ0v) is 17.9. The molecular formula is C20H34N4O4. The van der Waals surface area contributed by atoms with Crippen molar-refractivity contribution in [1.29, 1.82) is 0 Å².